The molecule has 0 saturated heterocycles. The van der Waals surface area contributed by atoms with Gasteiger partial charge in [-0.1, -0.05) is 0 Å². The lowest BCUT2D eigenvalue weighted by Gasteiger charge is -2.07. The first-order chi connectivity index (χ1) is 4.06. The molecule has 9 heavy (non-hydrogen) atoms. The molecular formula is C4H9F2NO2. The van der Waals surface area contributed by atoms with Gasteiger partial charge in [0.15, 0.2) is 0 Å². The van der Waals surface area contributed by atoms with Crippen molar-refractivity contribution < 1.29 is 19.0 Å². The van der Waals surface area contributed by atoms with Gasteiger partial charge in [0.05, 0.1) is 13.2 Å². The fraction of sp³-hybridized carbons (Fsp3) is 1.00. The zero-order valence-corrected chi connectivity index (χ0v) is 4.77. The van der Waals surface area contributed by atoms with Crippen molar-refractivity contribution in [2.24, 2.45) is 0 Å². The molecule has 0 saturated carbocycles. The molecule has 3 nitrogen and oxygen atoms in total. The molecular weight excluding hydrogens is 132 g/mol. The molecule has 0 atom stereocenters. The van der Waals surface area contributed by atoms with Crippen molar-refractivity contribution in [3.63, 3.8) is 0 Å². The van der Waals surface area contributed by atoms with Crippen molar-refractivity contribution in [1.29, 1.82) is 0 Å². The number of aliphatic hydroxyl groups excluding tert-OH is 1. The molecule has 0 aliphatic carbocycles. The Kier molecular flexibility index (Phi) is 3.60. The maximum atomic E-state index is 11.5. The molecule has 0 aromatic carbocycles. The van der Waals surface area contributed by atoms with Crippen LogP contribution >= 0.6 is 0 Å². The van der Waals surface area contributed by atoms with E-state index in [1.54, 1.807) is 0 Å². The van der Waals surface area contributed by atoms with E-state index >= 15 is 0 Å². The second-order valence-corrected chi connectivity index (χ2v) is 1.57. The summed E-state index contributed by atoms with van der Waals surface area (Å²) in [5.41, 5.74) is 0. The molecule has 56 valence electrons. The maximum absolute atomic E-state index is 11.5. The van der Waals surface area contributed by atoms with Crippen LogP contribution in [0, 0.1) is 0 Å². The molecule has 0 unspecified atom stereocenters. The third-order valence-electron chi connectivity index (χ3n) is 0.626. The Labute approximate surface area is 51.3 Å². The molecule has 3 N–H and O–H groups in total. The first-order valence-corrected chi connectivity index (χ1v) is 2.48. The summed E-state index contributed by atoms with van der Waals surface area (Å²) in [4.78, 5) is 0. The molecule has 0 heterocycles. The maximum Gasteiger partial charge on any atom is 0.365 e. The van der Waals surface area contributed by atoms with Gasteiger partial charge in [-0.05, 0) is 0 Å². The molecule has 0 fully saturated rings. The van der Waals surface area contributed by atoms with Gasteiger partial charge in [-0.2, -0.15) is 8.78 Å². The lowest BCUT2D eigenvalue weighted by Crippen LogP contribution is -2.33. The standard InChI is InChI=1S/C4H9F2NO2/c5-4(6,9)3-7-1-2-8/h7-9H,1-3H2. The number of alkyl halides is 2. The minimum atomic E-state index is -3.67. The van der Waals surface area contributed by atoms with Gasteiger partial charge in [-0.3, -0.25) is 0 Å². The summed E-state index contributed by atoms with van der Waals surface area (Å²) in [5.74, 6) is 0. The van der Waals surface area contributed by atoms with Crippen LogP contribution < -0.4 is 5.32 Å². The fourth-order valence-electron chi connectivity index (χ4n) is 0.318. The lowest BCUT2D eigenvalue weighted by atomic mass is 10.5. The monoisotopic (exact) mass is 141 g/mol. The van der Waals surface area contributed by atoms with Crippen LogP contribution in [0.1, 0.15) is 0 Å². The largest absolute Gasteiger partial charge is 0.395 e. The third-order valence-corrected chi connectivity index (χ3v) is 0.626. The van der Waals surface area contributed by atoms with E-state index in [1.165, 1.54) is 0 Å². The summed E-state index contributed by atoms with van der Waals surface area (Å²) in [6.45, 7) is -0.959. The topological polar surface area (TPSA) is 52.5 Å². The molecule has 0 amide bonds. The van der Waals surface area contributed by atoms with E-state index in [1.807, 2.05) is 0 Å². The fourth-order valence-corrected chi connectivity index (χ4v) is 0.318. The summed E-state index contributed by atoms with van der Waals surface area (Å²) < 4.78 is 22.9. The van der Waals surface area contributed by atoms with Crippen LogP contribution in [0.15, 0.2) is 0 Å². The number of aliphatic hydroxyl groups is 2. The van der Waals surface area contributed by atoms with Gasteiger partial charge in [0.25, 0.3) is 0 Å². The molecule has 0 spiro atoms. The normalized spacial score (nSPS) is 12.0. The van der Waals surface area contributed by atoms with Crippen molar-refractivity contribution in [3.05, 3.63) is 0 Å². The Hall–Kier alpha value is -0.260. The van der Waals surface area contributed by atoms with Gasteiger partial charge in [0.2, 0.25) is 0 Å². The second-order valence-electron chi connectivity index (χ2n) is 1.57. The van der Waals surface area contributed by atoms with Crippen molar-refractivity contribution in [2.45, 2.75) is 6.11 Å². The van der Waals surface area contributed by atoms with E-state index in [0.717, 1.165) is 0 Å². The molecule has 0 aliphatic heterocycles. The van der Waals surface area contributed by atoms with Crippen molar-refractivity contribution in [2.75, 3.05) is 19.7 Å². The molecule has 0 bridgehead atoms. The highest BCUT2D eigenvalue weighted by atomic mass is 19.3. The summed E-state index contributed by atoms with van der Waals surface area (Å²) in [6.07, 6.45) is -3.67. The van der Waals surface area contributed by atoms with Gasteiger partial charge >= 0.3 is 6.11 Å². The van der Waals surface area contributed by atoms with Crippen LogP contribution in [-0.4, -0.2) is 36.0 Å². The number of halogens is 2. The van der Waals surface area contributed by atoms with Gasteiger partial charge < -0.3 is 15.5 Å². The van der Waals surface area contributed by atoms with E-state index in [-0.39, 0.29) is 13.2 Å². The Bertz CT molecular complexity index is 73.5. The lowest BCUT2D eigenvalue weighted by molar-refractivity contribution is -0.193. The minimum Gasteiger partial charge on any atom is -0.395 e. The number of nitrogens with one attached hydrogen (secondary N) is 1. The van der Waals surface area contributed by atoms with Crippen molar-refractivity contribution >= 4 is 0 Å². The van der Waals surface area contributed by atoms with Crippen LogP contribution in [-0.2, 0) is 0 Å². The average Bonchev–Trinajstić information content (AvgIpc) is 1.63. The molecule has 0 radical (unpaired) electrons. The highest BCUT2D eigenvalue weighted by Gasteiger charge is 2.22. The summed E-state index contributed by atoms with van der Waals surface area (Å²) in [7, 11) is 0. The van der Waals surface area contributed by atoms with Crippen LogP contribution in [0.3, 0.4) is 0 Å². The van der Waals surface area contributed by atoms with Crippen LogP contribution in [0.4, 0.5) is 8.78 Å². The molecule has 0 aliphatic rings. The first kappa shape index (κ1) is 8.74. The Morgan fingerprint density at radius 3 is 2.33 bits per heavy atom. The summed E-state index contributed by atoms with van der Waals surface area (Å²) >= 11 is 0. The molecule has 0 rings (SSSR count). The zero-order chi connectivity index (χ0) is 7.33. The SMILES string of the molecule is OCCNCC(O)(F)F. The van der Waals surface area contributed by atoms with Gasteiger partial charge in [0.1, 0.15) is 0 Å². The zero-order valence-electron chi connectivity index (χ0n) is 4.77. The van der Waals surface area contributed by atoms with E-state index < -0.39 is 12.7 Å². The quantitative estimate of drug-likeness (QED) is 0.447. The third kappa shape index (κ3) is 7.74. The predicted molar refractivity (Wildman–Crippen MR) is 27.1 cm³/mol. The van der Waals surface area contributed by atoms with Gasteiger partial charge in [-0.25, -0.2) is 0 Å². The number of hydrogen-bond donors (Lipinski definition) is 3. The number of hydrogen-bond acceptors (Lipinski definition) is 3. The Balaban J connectivity index is 3.07. The first-order valence-electron chi connectivity index (χ1n) is 2.48. The Morgan fingerprint density at radius 1 is 1.44 bits per heavy atom. The smallest absolute Gasteiger partial charge is 0.365 e. The molecule has 5 heteroatoms. The predicted octanol–water partition coefficient (Wildman–Crippen LogP) is -0.847. The minimum absolute atomic E-state index is 0.0656. The van der Waals surface area contributed by atoms with Crippen LogP contribution in [0.5, 0.6) is 0 Å². The summed E-state index contributed by atoms with van der Waals surface area (Å²) in [5, 5.41) is 18.0. The van der Waals surface area contributed by atoms with E-state index in [2.05, 4.69) is 5.32 Å². The second kappa shape index (κ2) is 3.71. The average molecular weight is 141 g/mol. The summed E-state index contributed by atoms with van der Waals surface area (Å²) in [6, 6.07) is 0. The highest BCUT2D eigenvalue weighted by molar-refractivity contribution is 4.52. The highest BCUT2D eigenvalue weighted by Crippen LogP contribution is 2.03. The van der Waals surface area contributed by atoms with Crippen molar-refractivity contribution in [1.82, 2.24) is 5.32 Å². The van der Waals surface area contributed by atoms with Crippen molar-refractivity contribution in [3.8, 4) is 0 Å². The number of rotatable bonds is 4. The molecule has 0 aromatic heterocycles. The van der Waals surface area contributed by atoms with Crippen LogP contribution in [0.2, 0.25) is 0 Å². The van der Waals surface area contributed by atoms with E-state index in [9.17, 15) is 8.78 Å². The Morgan fingerprint density at radius 2 is 2.00 bits per heavy atom. The van der Waals surface area contributed by atoms with E-state index in [0.29, 0.717) is 0 Å². The molecule has 0 aromatic rings. The van der Waals surface area contributed by atoms with Gasteiger partial charge in [0, 0.05) is 6.54 Å². The van der Waals surface area contributed by atoms with E-state index in [4.69, 9.17) is 10.2 Å². The van der Waals surface area contributed by atoms with Crippen LogP contribution in [0.25, 0.3) is 0 Å². The van der Waals surface area contributed by atoms with Gasteiger partial charge in [-0.15, -0.1) is 0 Å².